The van der Waals surface area contributed by atoms with Gasteiger partial charge in [-0.2, -0.15) is 0 Å². The molecular weight excluding hydrogens is 284 g/mol. The second-order valence-electron chi connectivity index (χ2n) is 5.38. The summed E-state index contributed by atoms with van der Waals surface area (Å²) in [5, 5.41) is 2.91. The van der Waals surface area contributed by atoms with Crippen LogP contribution in [0.1, 0.15) is 12.7 Å². The Bertz CT molecular complexity index is 654. The molecule has 0 saturated carbocycles. The van der Waals surface area contributed by atoms with Crippen molar-refractivity contribution in [2.75, 3.05) is 19.2 Å². The normalized spacial score (nSPS) is 15.4. The first-order chi connectivity index (χ1) is 10.6. The zero-order chi connectivity index (χ0) is 15.5. The van der Waals surface area contributed by atoms with Gasteiger partial charge in [0.25, 0.3) is 5.91 Å². The van der Waals surface area contributed by atoms with Gasteiger partial charge >= 0.3 is 0 Å². The quantitative estimate of drug-likeness (QED) is 0.866. The maximum atomic E-state index is 12.3. The van der Waals surface area contributed by atoms with Crippen molar-refractivity contribution in [1.29, 1.82) is 0 Å². The molecule has 0 spiro atoms. The number of fused-ring (bicyclic) bond motifs is 1. The van der Waals surface area contributed by atoms with E-state index in [2.05, 4.69) is 5.32 Å². The average molecular weight is 303 g/mol. The van der Waals surface area contributed by atoms with Gasteiger partial charge in [-0.1, -0.05) is 0 Å². The molecule has 2 N–H and O–H groups in total. The summed E-state index contributed by atoms with van der Waals surface area (Å²) in [6, 6.07) is 8.92. The lowest BCUT2D eigenvalue weighted by molar-refractivity contribution is -0.908. The van der Waals surface area contributed by atoms with Crippen LogP contribution in [0.25, 0.3) is 0 Å². The Morgan fingerprint density at radius 2 is 2.14 bits per heavy atom. The smallest absolute Gasteiger partial charge is 0.282 e. The summed E-state index contributed by atoms with van der Waals surface area (Å²) in [4.78, 5) is 13.4. The number of amides is 1. The number of rotatable bonds is 5. The number of quaternary nitrogens is 1. The highest BCUT2D eigenvalue weighted by molar-refractivity contribution is 5.93. The molecule has 1 unspecified atom stereocenters. The summed E-state index contributed by atoms with van der Waals surface area (Å²) in [7, 11) is 1.96. The molecule has 1 aromatic carbocycles. The molecule has 1 aliphatic rings. The van der Waals surface area contributed by atoms with E-state index < -0.39 is 0 Å². The van der Waals surface area contributed by atoms with E-state index in [1.165, 1.54) is 0 Å². The standard InChI is InChI=1S/C16H18N2O4/c1-11(18(2)9-13-4-3-7-20-13)16(19)17-12-5-6-14-15(8-12)22-10-21-14/h3-8,11H,9-10H2,1-2H3,(H,17,19)/p+1/t11-/m0/s1. The number of hydrogen-bond acceptors (Lipinski definition) is 4. The van der Waals surface area contributed by atoms with Crippen molar-refractivity contribution >= 4 is 11.6 Å². The van der Waals surface area contributed by atoms with Crippen molar-refractivity contribution < 1.29 is 23.6 Å². The highest BCUT2D eigenvalue weighted by Crippen LogP contribution is 2.34. The minimum atomic E-state index is -0.212. The third-order valence-corrected chi connectivity index (χ3v) is 3.81. The largest absolute Gasteiger partial charge is 0.463 e. The lowest BCUT2D eigenvalue weighted by Crippen LogP contribution is -3.12. The minimum Gasteiger partial charge on any atom is -0.463 e. The number of carbonyl (C=O) groups is 1. The Morgan fingerprint density at radius 1 is 1.32 bits per heavy atom. The molecule has 2 heterocycles. The van der Waals surface area contributed by atoms with Crippen LogP contribution in [0.2, 0.25) is 0 Å². The van der Waals surface area contributed by atoms with Crippen molar-refractivity contribution in [3.05, 3.63) is 42.4 Å². The van der Waals surface area contributed by atoms with Crippen molar-refractivity contribution in [3.63, 3.8) is 0 Å². The summed E-state index contributed by atoms with van der Waals surface area (Å²) >= 11 is 0. The number of furan rings is 1. The van der Waals surface area contributed by atoms with E-state index >= 15 is 0 Å². The second kappa shape index (κ2) is 6.11. The SMILES string of the molecule is C[C@@H](C(=O)Nc1ccc2c(c1)OCO2)[NH+](C)Cc1ccco1. The van der Waals surface area contributed by atoms with Gasteiger partial charge in [-0.15, -0.1) is 0 Å². The van der Waals surface area contributed by atoms with E-state index in [4.69, 9.17) is 13.9 Å². The van der Waals surface area contributed by atoms with E-state index in [0.29, 0.717) is 23.7 Å². The first kappa shape index (κ1) is 14.5. The third kappa shape index (κ3) is 3.07. The summed E-state index contributed by atoms with van der Waals surface area (Å²) in [6.45, 7) is 2.77. The topological polar surface area (TPSA) is 65.1 Å². The molecule has 6 heteroatoms. The number of hydrogen-bond donors (Lipinski definition) is 2. The van der Waals surface area contributed by atoms with Crippen LogP contribution < -0.4 is 19.7 Å². The molecule has 116 valence electrons. The minimum absolute atomic E-state index is 0.0529. The second-order valence-corrected chi connectivity index (χ2v) is 5.38. The zero-order valence-corrected chi connectivity index (χ0v) is 12.6. The molecule has 1 aliphatic heterocycles. The van der Waals surface area contributed by atoms with Gasteiger partial charge in [-0.25, -0.2) is 0 Å². The molecular formula is C16H19N2O4+. The number of ether oxygens (including phenoxy) is 2. The summed E-state index contributed by atoms with van der Waals surface area (Å²) < 4.78 is 15.9. The molecule has 0 aliphatic carbocycles. The number of anilines is 1. The fourth-order valence-electron chi connectivity index (χ4n) is 2.29. The average Bonchev–Trinajstić information content (AvgIpc) is 3.16. The van der Waals surface area contributed by atoms with Crippen LogP contribution in [0.5, 0.6) is 11.5 Å². The van der Waals surface area contributed by atoms with Gasteiger partial charge in [-0.05, 0) is 31.2 Å². The molecule has 2 aromatic rings. The van der Waals surface area contributed by atoms with Gasteiger partial charge in [0.1, 0.15) is 6.54 Å². The fraction of sp³-hybridized carbons (Fsp3) is 0.312. The maximum Gasteiger partial charge on any atom is 0.282 e. The van der Waals surface area contributed by atoms with E-state index in [-0.39, 0.29) is 18.7 Å². The molecule has 0 fully saturated rings. The highest BCUT2D eigenvalue weighted by Gasteiger charge is 2.23. The molecule has 2 atom stereocenters. The van der Waals surface area contributed by atoms with Gasteiger partial charge in [0.05, 0.1) is 13.3 Å². The first-order valence-electron chi connectivity index (χ1n) is 7.18. The van der Waals surface area contributed by atoms with Gasteiger partial charge in [0, 0.05) is 11.8 Å². The van der Waals surface area contributed by atoms with Gasteiger partial charge in [0.2, 0.25) is 6.79 Å². The van der Waals surface area contributed by atoms with Gasteiger partial charge < -0.3 is 24.1 Å². The van der Waals surface area contributed by atoms with Crippen LogP contribution in [0.4, 0.5) is 5.69 Å². The fourth-order valence-corrected chi connectivity index (χ4v) is 2.29. The summed E-state index contributed by atoms with van der Waals surface area (Å²) in [5.74, 6) is 2.16. The van der Waals surface area contributed by atoms with Crippen molar-refractivity contribution in [1.82, 2.24) is 0 Å². The maximum absolute atomic E-state index is 12.3. The van der Waals surface area contributed by atoms with Crippen LogP contribution in [-0.2, 0) is 11.3 Å². The number of carbonyl (C=O) groups excluding carboxylic acids is 1. The summed E-state index contributed by atoms with van der Waals surface area (Å²) in [5.41, 5.74) is 0.701. The molecule has 0 bridgehead atoms. The first-order valence-corrected chi connectivity index (χ1v) is 7.18. The monoisotopic (exact) mass is 303 g/mol. The van der Waals surface area contributed by atoms with Crippen LogP contribution >= 0.6 is 0 Å². The highest BCUT2D eigenvalue weighted by atomic mass is 16.7. The van der Waals surface area contributed by atoms with Crippen molar-refractivity contribution in [2.24, 2.45) is 0 Å². The van der Waals surface area contributed by atoms with Gasteiger partial charge in [-0.3, -0.25) is 4.79 Å². The van der Waals surface area contributed by atoms with Crippen LogP contribution in [0.3, 0.4) is 0 Å². The molecule has 22 heavy (non-hydrogen) atoms. The number of benzene rings is 1. The Balaban J connectivity index is 1.61. The van der Waals surface area contributed by atoms with E-state index in [9.17, 15) is 4.79 Å². The lowest BCUT2D eigenvalue weighted by atomic mass is 10.2. The molecule has 1 aromatic heterocycles. The van der Waals surface area contributed by atoms with Crippen LogP contribution in [0.15, 0.2) is 41.0 Å². The van der Waals surface area contributed by atoms with E-state index in [0.717, 1.165) is 10.7 Å². The Morgan fingerprint density at radius 3 is 2.91 bits per heavy atom. The lowest BCUT2D eigenvalue weighted by Gasteiger charge is -2.20. The summed E-state index contributed by atoms with van der Waals surface area (Å²) in [6.07, 6.45) is 1.64. The van der Waals surface area contributed by atoms with Crippen molar-refractivity contribution in [2.45, 2.75) is 19.5 Å². The zero-order valence-electron chi connectivity index (χ0n) is 12.6. The molecule has 0 radical (unpaired) electrons. The van der Waals surface area contributed by atoms with Crippen LogP contribution in [-0.4, -0.2) is 25.8 Å². The third-order valence-electron chi connectivity index (χ3n) is 3.81. The van der Waals surface area contributed by atoms with Crippen molar-refractivity contribution in [3.8, 4) is 11.5 Å². The number of likely N-dealkylation sites (N-methyl/N-ethyl adjacent to an activating group) is 1. The van der Waals surface area contributed by atoms with E-state index in [1.807, 2.05) is 26.1 Å². The Hall–Kier alpha value is -2.47. The molecule has 3 rings (SSSR count). The van der Waals surface area contributed by atoms with Gasteiger partial charge in [0.15, 0.2) is 23.3 Å². The molecule has 6 nitrogen and oxygen atoms in total. The molecule has 1 amide bonds. The predicted octanol–water partition coefficient (Wildman–Crippen LogP) is 1.05. The Labute approximate surface area is 128 Å². The predicted molar refractivity (Wildman–Crippen MR) is 80.0 cm³/mol. The number of nitrogens with one attached hydrogen (secondary N) is 2. The van der Waals surface area contributed by atoms with Crippen LogP contribution in [0, 0.1) is 0 Å². The van der Waals surface area contributed by atoms with E-state index in [1.54, 1.807) is 24.5 Å². The Kier molecular flexibility index (Phi) is 4.02. The molecule has 0 saturated heterocycles.